The average Bonchev–Trinajstić information content (AvgIpc) is 2.86. The Morgan fingerprint density at radius 2 is 1.86 bits per heavy atom. The van der Waals surface area contributed by atoms with Crippen molar-refractivity contribution in [3.05, 3.63) is 47.9 Å². The van der Waals surface area contributed by atoms with Crippen LogP contribution in [0.1, 0.15) is 11.3 Å². The van der Waals surface area contributed by atoms with Gasteiger partial charge >= 0.3 is 6.18 Å². The molecule has 0 fully saturated rings. The number of halogens is 3. The number of aromatic nitrogens is 4. The SMILES string of the molecule is Cc1cc(Oc2ccc(C(F)(F)F)cc2)n2ncnc2n1. The Morgan fingerprint density at radius 3 is 2.52 bits per heavy atom. The third-order valence-electron chi connectivity index (χ3n) is 2.75. The molecule has 0 spiro atoms. The number of ether oxygens (including phenoxy) is 1. The lowest BCUT2D eigenvalue weighted by Crippen LogP contribution is -2.04. The van der Waals surface area contributed by atoms with Crippen molar-refractivity contribution in [3.8, 4) is 11.6 Å². The maximum atomic E-state index is 12.5. The predicted molar refractivity (Wildman–Crippen MR) is 67.0 cm³/mol. The zero-order valence-corrected chi connectivity index (χ0v) is 10.8. The van der Waals surface area contributed by atoms with Crippen molar-refractivity contribution < 1.29 is 17.9 Å². The molecular weight excluding hydrogens is 285 g/mol. The van der Waals surface area contributed by atoms with E-state index in [1.807, 2.05) is 0 Å². The van der Waals surface area contributed by atoms with Crippen molar-refractivity contribution in [3.63, 3.8) is 0 Å². The predicted octanol–water partition coefficient (Wildman–Crippen LogP) is 3.24. The van der Waals surface area contributed by atoms with Crippen LogP contribution >= 0.6 is 0 Å². The maximum absolute atomic E-state index is 12.5. The number of aryl methyl sites for hydroxylation is 1. The van der Waals surface area contributed by atoms with Gasteiger partial charge in [-0.1, -0.05) is 0 Å². The van der Waals surface area contributed by atoms with Gasteiger partial charge in [0.05, 0.1) is 5.56 Å². The topological polar surface area (TPSA) is 52.3 Å². The molecule has 0 aliphatic carbocycles. The number of hydrogen-bond acceptors (Lipinski definition) is 4. The van der Waals surface area contributed by atoms with E-state index in [0.717, 1.165) is 12.1 Å². The fourth-order valence-electron chi connectivity index (χ4n) is 1.80. The number of nitrogens with zero attached hydrogens (tertiary/aromatic N) is 4. The monoisotopic (exact) mass is 294 g/mol. The van der Waals surface area contributed by atoms with Gasteiger partial charge in [0.1, 0.15) is 12.1 Å². The van der Waals surface area contributed by atoms with Gasteiger partial charge in [-0.2, -0.15) is 27.8 Å². The molecule has 3 rings (SSSR count). The third-order valence-corrected chi connectivity index (χ3v) is 2.75. The standard InChI is InChI=1S/C13H9F3N4O/c1-8-6-11(20-12(19-8)17-7-18-20)21-10-4-2-9(3-5-10)13(14,15)16/h2-7H,1H3. The highest BCUT2D eigenvalue weighted by atomic mass is 19.4. The van der Waals surface area contributed by atoms with E-state index in [9.17, 15) is 13.2 Å². The van der Waals surface area contributed by atoms with Crippen LogP contribution in [0.15, 0.2) is 36.7 Å². The molecule has 2 heterocycles. The van der Waals surface area contributed by atoms with Gasteiger partial charge in [-0.3, -0.25) is 0 Å². The van der Waals surface area contributed by atoms with Crippen molar-refractivity contribution in [1.29, 1.82) is 0 Å². The van der Waals surface area contributed by atoms with Gasteiger partial charge in [-0.25, -0.2) is 4.98 Å². The normalized spacial score (nSPS) is 11.8. The molecule has 8 heteroatoms. The number of benzene rings is 1. The summed E-state index contributed by atoms with van der Waals surface area (Å²) >= 11 is 0. The molecule has 0 atom stereocenters. The van der Waals surface area contributed by atoms with Crippen LogP contribution in [0.4, 0.5) is 13.2 Å². The summed E-state index contributed by atoms with van der Waals surface area (Å²) in [5, 5.41) is 3.95. The van der Waals surface area contributed by atoms with Gasteiger partial charge in [0, 0.05) is 11.8 Å². The summed E-state index contributed by atoms with van der Waals surface area (Å²) in [4.78, 5) is 8.09. The summed E-state index contributed by atoms with van der Waals surface area (Å²) in [6, 6.07) is 6.05. The van der Waals surface area contributed by atoms with E-state index in [-0.39, 0.29) is 5.75 Å². The molecular formula is C13H9F3N4O. The van der Waals surface area contributed by atoms with E-state index in [1.54, 1.807) is 13.0 Å². The highest BCUT2D eigenvalue weighted by Gasteiger charge is 2.30. The second-order valence-electron chi connectivity index (χ2n) is 4.33. The van der Waals surface area contributed by atoms with Crippen LogP contribution in [0.5, 0.6) is 11.6 Å². The van der Waals surface area contributed by atoms with Crippen LogP contribution in [-0.4, -0.2) is 19.6 Å². The Balaban J connectivity index is 1.93. The second kappa shape index (κ2) is 4.72. The summed E-state index contributed by atoms with van der Waals surface area (Å²) in [5.41, 5.74) is -0.0657. The maximum Gasteiger partial charge on any atom is 0.416 e. The molecule has 0 bridgehead atoms. The fraction of sp³-hybridized carbons (Fsp3) is 0.154. The lowest BCUT2D eigenvalue weighted by atomic mass is 10.2. The Morgan fingerprint density at radius 1 is 1.14 bits per heavy atom. The van der Waals surface area contributed by atoms with Gasteiger partial charge in [0.15, 0.2) is 0 Å². The summed E-state index contributed by atoms with van der Waals surface area (Å²) in [6.07, 6.45) is -3.05. The molecule has 0 radical (unpaired) electrons. The van der Waals surface area contributed by atoms with Gasteiger partial charge in [0.2, 0.25) is 5.88 Å². The van der Waals surface area contributed by atoms with Crippen molar-refractivity contribution >= 4 is 5.78 Å². The third kappa shape index (κ3) is 2.64. The first-order chi connectivity index (χ1) is 9.93. The molecule has 21 heavy (non-hydrogen) atoms. The Bertz CT molecular complexity index is 780. The second-order valence-corrected chi connectivity index (χ2v) is 4.33. The number of rotatable bonds is 2. The van der Waals surface area contributed by atoms with E-state index in [0.29, 0.717) is 17.4 Å². The van der Waals surface area contributed by atoms with Crippen LogP contribution in [0, 0.1) is 6.92 Å². The minimum Gasteiger partial charge on any atom is -0.439 e. The number of fused-ring (bicyclic) bond motifs is 1. The van der Waals surface area contributed by atoms with Crippen LogP contribution in [0.2, 0.25) is 0 Å². The van der Waals surface area contributed by atoms with Crippen molar-refractivity contribution in [2.75, 3.05) is 0 Å². The first kappa shape index (κ1) is 13.3. The van der Waals surface area contributed by atoms with E-state index < -0.39 is 11.7 Å². The highest BCUT2D eigenvalue weighted by molar-refractivity contribution is 5.36. The van der Waals surface area contributed by atoms with Crippen LogP contribution in [-0.2, 0) is 6.18 Å². The van der Waals surface area contributed by atoms with Crippen molar-refractivity contribution in [2.24, 2.45) is 0 Å². The van der Waals surface area contributed by atoms with E-state index >= 15 is 0 Å². The lowest BCUT2D eigenvalue weighted by molar-refractivity contribution is -0.137. The van der Waals surface area contributed by atoms with Gasteiger partial charge in [-0.15, -0.1) is 0 Å². The number of hydrogen-bond donors (Lipinski definition) is 0. The molecule has 0 aliphatic heterocycles. The zero-order chi connectivity index (χ0) is 15.0. The lowest BCUT2D eigenvalue weighted by Gasteiger charge is -2.09. The van der Waals surface area contributed by atoms with E-state index in [4.69, 9.17) is 4.74 Å². The number of alkyl halides is 3. The minimum atomic E-state index is -4.37. The molecule has 0 saturated heterocycles. The molecule has 0 unspecified atom stereocenters. The molecule has 0 N–H and O–H groups in total. The Hall–Kier alpha value is -2.64. The van der Waals surface area contributed by atoms with Gasteiger partial charge in [0.25, 0.3) is 5.78 Å². The molecule has 5 nitrogen and oxygen atoms in total. The summed E-state index contributed by atoms with van der Waals surface area (Å²) in [5.74, 6) is 0.956. The quantitative estimate of drug-likeness (QED) is 0.728. The molecule has 2 aromatic heterocycles. The highest BCUT2D eigenvalue weighted by Crippen LogP contribution is 2.31. The molecule has 0 aliphatic rings. The largest absolute Gasteiger partial charge is 0.439 e. The first-order valence-corrected chi connectivity index (χ1v) is 5.96. The molecule has 0 amide bonds. The summed E-state index contributed by atoms with van der Waals surface area (Å²) in [7, 11) is 0. The van der Waals surface area contributed by atoms with Crippen molar-refractivity contribution in [2.45, 2.75) is 13.1 Å². The smallest absolute Gasteiger partial charge is 0.416 e. The Kier molecular flexibility index (Phi) is 3.00. The molecule has 1 aromatic carbocycles. The Labute approximate surface area is 117 Å². The summed E-state index contributed by atoms with van der Waals surface area (Å²) in [6.45, 7) is 1.76. The molecule has 108 valence electrons. The van der Waals surface area contributed by atoms with Crippen LogP contribution in [0.25, 0.3) is 5.78 Å². The van der Waals surface area contributed by atoms with E-state index in [2.05, 4.69) is 15.1 Å². The van der Waals surface area contributed by atoms with Crippen molar-refractivity contribution in [1.82, 2.24) is 19.6 Å². The van der Waals surface area contributed by atoms with Crippen LogP contribution < -0.4 is 4.74 Å². The fourth-order valence-corrected chi connectivity index (χ4v) is 1.80. The van der Waals surface area contributed by atoms with Gasteiger partial charge in [-0.05, 0) is 31.2 Å². The average molecular weight is 294 g/mol. The molecule has 3 aromatic rings. The summed E-state index contributed by atoms with van der Waals surface area (Å²) < 4.78 is 44.4. The van der Waals surface area contributed by atoms with Gasteiger partial charge < -0.3 is 4.74 Å². The van der Waals surface area contributed by atoms with Crippen LogP contribution in [0.3, 0.4) is 0 Å². The van der Waals surface area contributed by atoms with E-state index in [1.165, 1.54) is 23.0 Å². The zero-order valence-electron chi connectivity index (χ0n) is 10.8. The molecule has 0 saturated carbocycles. The minimum absolute atomic E-state index is 0.269. The first-order valence-electron chi connectivity index (χ1n) is 5.96.